The number of rotatable bonds is 4. The summed E-state index contributed by atoms with van der Waals surface area (Å²) in [6.07, 6.45) is 7.51. The number of hydrogen-bond acceptors (Lipinski definition) is 6. The molecule has 0 aromatic carbocycles. The second kappa shape index (κ2) is 7.11. The standard InChI is InChI=1S/C17H25N5O3S/c23-16(14-4-1-2-5-14)21-12-15(13-21)26(24,25)22-10-8-20(9-11-22)17-18-6-3-7-19-17/h3,6-7,14-15H,1-2,4-5,8-13H2. The van der Waals surface area contributed by atoms with E-state index in [0.29, 0.717) is 45.2 Å². The summed E-state index contributed by atoms with van der Waals surface area (Å²) < 4.78 is 27.2. The minimum atomic E-state index is -3.35. The van der Waals surface area contributed by atoms with Crippen LogP contribution >= 0.6 is 0 Å². The largest absolute Gasteiger partial charge is 0.340 e. The van der Waals surface area contributed by atoms with Gasteiger partial charge in [0.1, 0.15) is 5.25 Å². The number of anilines is 1. The summed E-state index contributed by atoms with van der Waals surface area (Å²) in [6, 6.07) is 1.76. The molecule has 0 bridgehead atoms. The van der Waals surface area contributed by atoms with Crippen molar-refractivity contribution < 1.29 is 13.2 Å². The van der Waals surface area contributed by atoms with Gasteiger partial charge in [-0.05, 0) is 18.9 Å². The highest BCUT2D eigenvalue weighted by Gasteiger charge is 2.44. The maximum absolute atomic E-state index is 12.8. The van der Waals surface area contributed by atoms with Gasteiger partial charge in [-0.15, -0.1) is 0 Å². The van der Waals surface area contributed by atoms with Crippen molar-refractivity contribution in [1.82, 2.24) is 19.2 Å². The van der Waals surface area contributed by atoms with Crippen LogP contribution in [0.2, 0.25) is 0 Å². The second-order valence-electron chi connectivity index (χ2n) is 7.33. The van der Waals surface area contributed by atoms with E-state index in [4.69, 9.17) is 0 Å². The van der Waals surface area contributed by atoms with E-state index >= 15 is 0 Å². The first-order chi connectivity index (χ1) is 12.6. The molecule has 142 valence electrons. The van der Waals surface area contributed by atoms with Gasteiger partial charge in [0, 0.05) is 57.6 Å². The summed E-state index contributed by atoms with van der Waals surface area (Å²) in [6.45, 7) is 2.74. The topological polar surface area (TPSA) is 86.7 Å². The molecule has 3 fully saturated rings. The molecule has 4 rings (SSSR count). The first-order valence-corrected chi connectivity index (χ1v) is 10.9. The minimum Gasteiger partial charge on any atom is -0.340 e. The molecule has 2 saturated heterocycles. The Kier molecular flexibility index (Phi) is 4.83. The average molecular weight is 379 g/mol. The summed E-state index contributed by atoms with van der Waals surface area (Å²) in [5.41, 5.74) is 0. The van der Waals surface area contributed by atoms with E-state index in [-0.39, 0.29) is 11.8 Å². The Hall–Kier alpha value is -1.74. The summed E-state index contributed by atoms with van der Waals surface area (Å²) >= 11 is 0. The van der Waals surface area contributed by atoms with E-state index < -0.39 is 15.3 Å². The summed E-state index contributed by atoms with van der Waals surface area (Å²) in [4.78, 5) is 24.5. The fraction of sp³-hybridized carbons (Fsp3) is 0.706. The smallest absolute Gasteiger partial charge is 0.225 e. The number of carbonyl (C=O) groups excluding carboxylic acids is 1. The van der Waals surface area contributed by atoms with Crippen LogP contribution in [0.15, 0.2) is 18.5 Å². The fourth-order valence-corrected chi connectivity index (χ4v) is 5.88. The van der Waals surface area contributed by atoms with Gasteiger partial charge in [0.2, 0.25) is 21.9 Å². The van der Waals surface area contributed by atoms with Crippen LogP contribution in [0.25, 0.3) is 0 Å². The number of aromatic nitrogens is 2. The molecule has 1 aromatic heterocycles. The Balaban J connectivity index is 1.30. The monoisotopic (exact) mass is 379 g/mol. The van der Waals surface area contributed by atoms with Crippen LogP contribution in [0.3, 0.4) is 0 Å². The van der Waals surface area contributed by atoms with E-state index in [2.05, 4.69) is 9.97 Å². The van der Waals surface area contributed by atoms with Crippen molar-refractivity contribution in [3.05, 3.63) is 18.5 Å². The fourth-order valence-electron chi connectivity index (χ4n) is 4.05. The Labute approximate surface area is 154 Å². The molecule has 3 heterocycles. The van der Waals surface area contributed by atoms with Gasteiger partial charge in [-0.1, -0.05) is 12.8 Å². The van der Waals surface area contributed by atoms with Crippen molar-refractivity contribution in [3.63, 3.8) is 0 Å². The Morgan fingerprint density at radius 2 is 1.62 bits per heavy atom. The Morgan fingerprint density at radius 1 is 1.00 bits per heavy atom. The molecule has 9 heteroatoms. The molecule has 0 spiro atoms. The molecular weight excluding hydrogens is 354 g/mol. The molecule has 1 aromatic rings. The van der Waals surface area contributed by atoms with Gasteiger partial charge in [-0.25, -0.2) is 18.4 Å². The summed E-state index contributed by atoms with van der Waals surface area (Å²) in [5.74, 6) is 0.912. The first kappa shape index (κ1) is 17.7. The molecule has 1 aliphatic carbocycles. The third-order valence-electron chi connectivity index (χ3n) is 5.72. The van der Waals surface area contributed by atoms with Crippen molar-refractivity contribution in [2.75, 3.05) is 44.2 Å². The number of nitrogens with zero attached hydrogens (tertiary/aromatic N) is 5. The minimum absolute atomic E-state index is 0.119. The van der Waals surface area contributed by atoms with Gasteiger partial charge >= 0.3 is 0 Å². The molecule has 3 aliphatic rings. The lowest BCUT2D eigenvalue weighted by Crippen LogP contribution is -2.62. The van der Waals surface area contributed by atoms with Crippen molar-refractivity contribution in [1.29, 1.82) is 0 Å². The van der Waals surface area contributed by atoms with Crippen molar-refractivity contribution >= 4 is 21.9 Å². The van der Waals surface area contributed by atoms with Crippen molar-refractivity contribution in [2.24, 2.45) is 5.92 Å². The molecule has 26 heavy (non-hydrogen) atoms. The number of likely N-dealkylation sites (tertiary alicyclic amines) is 1. The van der Waals surface area contributed by atoms with Crippen LogP contribution in [0.4, 0.5) is 5.95 Å². The quantitative estimate of drug-likeness (QED) is 0.749. The third-order valence-corrected chi connectivity index (χ3v) is 7.94. The van der Waals surface area contributed by atoms with E-state index in [1.54, 1.807) is 27.7 Å². The maximum atomic E-state index is 12.8. The lowest BCUT2D eigenvalue weighted by molar-refractivity contribution is -0.138. The SMILES string of the molecule is O=C(C1CCCC1)N1CC(S(=O)(=O)N2CCN(c3ncccn3)CC2)C1. The zero-order valence-electron chi connectivity index (χ0n) is 14.8. The van der Waals surface area contributed by atoms with Crippen LogP contribution in [0.5, 0.6) is 0 Å². The Bertz CT molecular complexity index is 737. The number of piperazine rings is 1. The highest BCUT2D eigenvalue weighted by molar-refractivity contribution is 7.89. The second-order valence-corrected chi connectivity index (χ2v) is 9.54. The first-order valence-electron chi connectivity index (χ1n) is 9.35. The zero-order valence-corrected chi connectivity index (χ0v) is 15.6. The van der Waals surface area contributed by atoms with Crippen LogP contribution in [0.1, 0.15) is 25.7 Å². The van der Waals surface area contributed by atoms with E-state index in [1.165, 1.54) is 0 Å². The van der Waals surface area contributed by atoms with Crippen LogP contribution in [-0.4, -0.2) is 78.0 Å². The van der Waals surface area contributed by atoms with Crippen LogP contribution in [-0.2, 0) is 14.8 Å². The summed E-state index contributed by atoms with van der Waals surface area (Å²) in [7, 11) is -3.35. The van der Waals surface area contributed by atoms with Crippen molar-refractivity contribution in [2.45, 2.75) is 30.9 Å². The highest BCUT2D eigenvalue weighted by Crippen LogP contribution is 2.30. The van der Waals surface area contributed by atoms with E-state index in [0.717, 1.165) is 25.7 Å². The number of carbonyl (C=O) groups is 1. The zero-order chi connectivity index (χ0) is 18.1. The van der Waals surface area contributed by atoms with Gasteiger partial charge in [-0.2, -0.15) is 4.31 Å². The maximum Gasteiger partial charge on any atom is 0.225 e. The van der Waals surface area contributed by atoms with E-state index in [1.807, 2.05) is 4.90 Å². The van der Waals surface area contributed by atoms with Gasteiger partial charge in [-0.3, -0.25) is 4.79 Å². The van der Waals surface area contributed by atoms with Crippen molar-refractivity contribution in [3.8, 4) is 0 Å². The molecule has 0 unspecified atom stereocenters. The Morgan fingerprint density at radius 3 is 2.23 bits per heavy atom. The molecule has 1 amide bonds. The molecule has 0 N–H and O–H groups in total. The average Bonchev–Trinajstić information content (AvgIpc) is 3.16. The predicted molar refractivity (Wildman–Crippen MR) is 97.1 cm³/mol. The van der Waals surface area contributed by atoms with Gasteiger partial charge in [0.15, 0.2) is 0 Å². The number of hydrogen-bond donors (Lipinski definition) is 0. The third kappa shape index (κ3) is 3.29. The van der Waals surface area contributed by atoms with Gasteiger partial charge in [0.25, 0.3) is 0 Å². The molecule has 0 radical (unpaired) electrons. The molecule has 8 nitrogen and oxygen atoms in total. The van der Waals surface area contributed by atoms with Gasteiger partial charge < -0.3 is 9.80 Å². The van der Waals surface area contributed by atoms with Gasteiger partial charge in [0.05, 0.1) is 0 Å². The van der Waals surface area contributed by atoms with E-state index in [9.17, 15) is 13.2 Å². The highest BCUT2D eigenvalue weighted by atomic mass is 32.2. The molecular formula is C17H25N5O3S. The van der Waals surface area contributed by atoms with Crippen LogP contribution < -0.4 is 4.90 Å². The molecule has 2 aliphatic heterocycles. The molecule has 1 saturated carbocycles. The molecule has 0 atom stereocenters. The summed E-state index contributed by atoms with van der Waals surface area (Å²) in [5, 5.41) is -0.452. The number of amides is 1. The lowest BCUT2D eigenvalue weighted by Gasteiger charge is -2.43. The number of sulfonamides is 1. The normalized spacial score (nSPS) is 23.2. The lowest BCUT2D eigenvalue weighted by atomic mass is 10.0. The van der Waals surface area contributed by atoms with Crippen LogP contribution in [0, 0.1) is 5.92 Å². The predicted octanol–water partition coefficient (Wildman–Crippen LogP) is 0.329.